The number of aryl methyl sites for hydroxylation is 1. The molecule has 1 amide bonds. The number of thioether (sulfide) groups is 1. The highest BCUT2D eigenvalue weighted by atomic mass is 32.2. The number of carbonyl (C=O) groups is 1. The minimum absolute atomic E-state index is 0.0477. The van der Waals surface area contributed by atoms with Crippen LogP contribution in [0.25, 0.3) is 11.0 Å². The van der Waals surface area contributed by atoms with Crippen LogP contribution in [0.5, 0.6) is 0 Å². The van der Waals surface area contributed by atoms with Gasteiger partial charge < -0.3 is 24.3 Å². The van der Waals surface area contributed by atoms with Crippen molar-refractivity contribution in [2.45, 2.75) is 11.9 Å². The Bertz CT molecular complexity index is 912. The number of H-pyrrole nitrogens is 1. The number of anilines is 1. The van der Waals surface area contributed by atoms with E-state index in [-0.39, 0.29) is 11.7 Å². The zero-order valence-electron chi connectivity index (χ0n) is 15.7. The first-order chi connectivity index (χ1) is 13.7. The zero-order valence-corrected chi connectivity index (χ0v) is 16.5. The quantitative estimate of drug-likeness (QED) is 0.753. The molecule has 4 rings (SSSR count). The van der Waals surface area contributed by atoms with Gasteiger partial charge >= 0.3 is 0 Å². The van der Waals surface area contributed by atoms with Gasteiger partial charge in [-0.2, -0.15) is 5.26 Å². The summed E-state index contributed by atoms with van der Waals surface area (Å²) in [5, 5.41) is 11.2. The third-order valence-electron chi connectivity index (χ3n) is 4.84. The summed E-state index contributed by atoms with van der Waals surface area (Å²) in [5.41, 5.74) is 1.13. The Balaban J connectivity index is 1.62. The van der Waals surface area contributed by atoms with Gasteiger partial charge in [-0.15, -0.1) is 0 Å². The van der Waals surface area contributed by atoms with E-state index in [0.717, 1.165) is 24.3 Å². The largest absolute Gasteiger partial charge is 0.378 e. The average molecular weight is 402 g/mol. The zero-order chi connectivity index (χ0) is 19.5. The van der Waals surface area contributed by atoms with Gasteiger partial charge in [-0.25, -0.2) is 9.97 Å². The fourth-order valence-corrected chi connectivity index (χ4v) is 4.33. The molecule has 28 heavy (non-hydrogen) atoms. The van der Waals surface area contributed by atoms with Gasteiger partial charge in [0, 0.05) is 26.2 Å². The predicted octanol–water partition coefficient (Wildman–Crippen LogP) is 0.925. The normalized spacial score (nSPS) is 17.7. The molecule has 0 spiro atoms. The Morgan fingerprint density at radius 3 is 2.54 bits per heavy atom. The van der Waals surface area contributed by atoms with Crippen LogP contribution in [0, 0.1) is 18.3 Å². The number of amides is 1. The van der Waals surface area contributed by atoms with Crippen LogP contribution in [0.1, 0.15) is 11.4 Å². The van der Waals surface area contributed by atoms with Crippen LogP contribution < -0.4 is 4.90 Å². The molecule has 4 heterocycles. The van der Waals surface area contributed by atoms with E-state index >= 15 is 0 Å². The summed E-state index contributed by atoms with van der Waals surface area (Å²) in [4.78, 5) is 28.7. The number of nitrogens with zero attached hydrogens (tertiary/aromatic N) is 5. The van der Waals surface area contributed by atoms with E-state index in [4.69, 9.17) is 9.47 Å². The Hall–Kier alpha value is -2.35. The second-order valence-corrected chi connectivity index (χ2v) is 7.63. The van der Waals surface area contributed by atoms with E-state index in [0.29, 0.717) is 61.6 Å². The third kappa shape index (κ3) is 3.78. The van der Waals surface area contributed by atoms with Gasteiger partial charge in [0.25, 0.3) is 0 Å². The van der Waals surface area contributed by atoms with Crippen molar-refractivity contribution in [2.75, 3.05) is 63.3 Å². The number of nitriles is 1. The smallest absolute Gasteiger partial charge is 0.233 e. The van der Waals surface area contributed by atoms with Crippen molar-refractivity contribution >= 4 is 34.5 Å². The first kappa shape index (κ1) is 19.0. The molecule has 2 aromatic heterocycles. The van der Waals surface area contributed by atoms with Crippen LogP contribution in [-0.2, 0) is 14.3 Å². The predicted molar refractivity (Wildman–Crippen MR) is 104 cm³/mol. The standard InChI is InChI=1S/C18H22N6O3S/c1-12-20-16-15(17(21-12)24-4-8-27-9-5-24)13(10-19)18(22-16)28-11-14(25)23-2-6-26-7-3-23/h2-9,11H2,1H3,(H,20,21,22). The lowest BCUT2D eigenvalue weighted by molar-refractivity contribution is -0.132. The lowest BCUT2D eigenvalue weighted by Gasteiger charge is -2.28. The van der Waals surface area contributed by atoms with E-state index in [2.05, 4.69) is 25.9 Å². The van der Waals surface area contributed by atoms with Gasteiger partial charge in [0.1, 0.15) is 23.4 Å². The molecule has 0 bridgehead atoms. The van der Waals surface area contributed by atoms with Crippen molar-refractivity contribution in [1.29, 1.82) is 5.26 Å². The highest BCUT2D eigenvalue weighted by Gasteiger charge is 2.24. The molecular weight excluding hydrogens is 380 g/mol. The number of hydrogen-bond acceptors (Lipinski definition) is 8. The second kappa shape index (κ2) is 8.34. The van der Waals surface area contributed by atoms with Gasteiger partial charge in [-0.1, -0.05) is 11.8 Å². The molecule has 0 radical (unpaired) electrons. The van der Waals surface area contributed by atoms with E-state index in [1.165, 1.54) is 11.8 Å². The molecule has 2 aromatic rings. The molecule has 10 heteroatoms. The Morgan fingerprint density at radius 1 is 1.18 bits per heavy atom. The number of aromatic nitrogens is 3. The molecule has 0 aromatic carbocycles. The SMILES string of the molecule is Cc1nc(N2CCOCC2)c2c(C#N)c(SCC(=O)N3CCOCC3)[nH]c2n1. The van der Waals surface area contributed by atoms with Crippen molar-refractivity contribution in [2.24, 2.45) is 0 Å². The van der Waals surface area contributed by atoms with Crippen LogP contribution in [0.15, 0.2) is 5.03 Å². The van der Waals surface area contributed by atoms with E-state index in [1.54, 1.807) is 4.90 Å². The molecule has 2 saturated heterocycles. The van der Waals surface area contributed by atoms with Gasteiger partial charge in [0.2, 0.25) is 5.91 Å². The number of hydrogen-bond donors (Lipinski definition) is 1. The molecule has 0 unspecified atom stereocenters. The molecule has 0 aliphatic carbocycles. The molecule has 2 aliphatic rings. The number of aromatic amines is 1. The van der Waals surface area contributed by atoms with Crippen LogP contribution >= 0.6 is 11.8 Å². The number of rotatable bonds is 4. The first-order valence-electron chi connectivity index (χ1n) is 9.29. The lowest BCUT2D eigenvalue weighted by Crippen LogP contribution is -2.41. The summed E-state index contributed by atoms with van der Waals surface area (Å²) in [6.45, 7) is 6.92. The molecule has 9 nitrogen and oxygen atoms in total. The summed E-state index contributed by atoms with van der Waals surface area (Å²) >= 11 is 1.34. The Morgan fingerprint density at radius 2 is 1.86 bits per heavy atom. The minimum atomic E-state index is 0.0477. The summed E-state index contributed by atoms with van der Waals surface area (Å²) in [6.07, 6.45) is 0. The van der Waals surface area contributed by atoms with Gasteiger partial charge in [0.05, 0.1) is 48.2 Å². The molecule has 148 valence electrons. The monoisotopic (exact) mass is 402 g/mol. The van der Waals surface area contributed by atoms with Crippen LogP contribution in [0.3, 0.4) is 0 Å². The third-order valence-corrected chi connectivity index (χ3v) is 5.82. The van der Waals surface area contributed by atoms with Crippen molar-refractivity contribution in [3.63, 3.8) is 0 Å². The van der Waals surface area contributed by atoms with E-state index in [9.17, 15) is 10.1 Å². The number of morpholine rings is 2. The van der Waals surface area contributed by atoms with Gasteiger partial charge in [-0.05, 0) is 6.92 Å². The summed E-state index contributed by atoms with van der Waals surface area (Å²) in [6, 6.07) is 2.29. The maximum atomic E-state index is 12.5. The first-order valence-corrected chi connectivity index (χ1v) is 10.3. The van der Waals surface area contributed by atoms with Crippen LogP contribution in [-0.4, -0.2) is 84.1 Å². The van der Waals surface area contributed by atoms with Crippen LogP contribution in [0.2, 0.25) is 0 Å². The van der Waals surface area contributed by atoms with Crippen molar-refractivity contribution in [3.05, 3.63) is 11.4 Å². The number of carbonyl (C=O) groups excluding carboxylic acids is 1. The molecule has 1 N–H and O–H groups in total. The Labute approximate surface area is 167 Å². The summed E-state index contributed by atoms with van der Waals surface area (Å²) in [7, 11) is 0. The van der Waals surface area contributed by atoms with Crippen LogP contribution in [0.4, 0.5) is 5.82 Å². The minimum Gasteiger partial charge on any atom is -0.378 e. The Kier molecular flexibility index (Phi) is 5.66. The number of ether oxygens (including phenoxy) is 2. The molecule has 2 aliphatic heterocycles. The number of fused-ring (bicyclic) bond motifs is 1. The van der Waals surface area contributed by atoms with Crippen molar-refractivity contribution < 1.29 is 14.3 Å². The molecule has 0 atom stereocenters. The topological polar surface area (TPSA) is 107 Å². The van der Waals surface area contributed by atoms with Crippen molar-refractivity contribution in [3.8, 4) is 6.07 Å². The number of nitrogens with one attached hydrogen (secondary N) is 1. The highest BCUT2D eigenvalue weighted by molar-refractivity contribution is 8.00. The summed E-state index contributed by atoms with van der Waals surface area (Å²) in [5.74, 6) is 1.71. The molecular formula is C18H22N6O3S. The maximum Gasteiger partial charge on any atom is 0.233 e. The lowest BCUT2D eigenvalue weighted by atomic mass is 10.2. The van der Waals surface area contributed by atoms with E-state index < -0.39 is 0 Å². The maximum absolute atomic E-state index is 12.5. The van der Waals surface area contributed by atoms with Gasteiger partial charge in [-0.3, -0.25) is 4.79 Å². The average Bonchev–Trinajstić information content (AvgIpc) is 3.09. The van der Waals surface area contributed by atoms with Crippen molar-refractivity contribution in [1.82, 2.24) is 19.9 Å². The highest BCUT2D eigenvalue weighted by Crippen LogP contribution is 2.34. The van der Waals surface area contributed by atoms with E-state index in [1.807, 2.05) is 6.92 Å². The van der Waals surface area contributed by atoms with Gasteiger partial charge in [0.15, 0.2) is 0 Å². The second-order valence-electron chi connectivity index (χ2n) is 6.64. The fourth-order valence-electron chi connectivity index (χ4n) is 3.42. The molecule has 0 saturated carbocycles. The fraction of sp³-hybridized carbons (Fsp3) is 0.556. The summed E-state index contributed by atoms with van der Waals surface area (Å²) < 4.78 is 10.7. The molecule has 2 fully saturated rings.